The molecule has 4 heteroatoms. The van der Waals surface area contributed by atoms with E-state index in [1.165, 1.54) is 6.08 Å². The van der Waals surface area contributed by atoms with Gasteiger partial charge in [-0.2, -0.15) is 0 Å². The van der Waals surface area contributed by atoms with Crippen LogP contribution < -0.4 is 10.1 Å². The van der Waals surface area contributed by atoms with Crippen LogP contribution in [0, 0.1) is 0 Å². The Bertz CT molecular complexity index is 849. The molecule has 2 aromatic carbocycles. The lowest BCUT2D eigenvalue weighted by atomic mass is 10.1. The molecule has 0 spiro atoms. The van der Waals surface area contributed by atoms with E-state index >= 15 is 0 Å². The van der Waals surface area contributed by atoms with Crippen LogP contribution >= 0.6 is 0 Å². The summed E-state index contributed by atoms with van der Waals surface area (Å²) in [6.07, 6.45) is 5.03. The second kappa shape index (κ2) is 6.75. The summed E-state index contributed by atoms with van der Waals surface area (Å²) in [6.45, 7) is 0. The number of anilines is 1. The molecule has 114 valence electrons. The number of aromatic nitrogens is 1. The average Bonchev–Trinajstić information content (AvgIpc) is 2.60. The van der Waals surface area contributed by atoms with Gasteiger partial charge in [-0.15, -0.1) is 0 Å². The Hall–Kier alpha value is -3.14. The van der Waals surface area contributed by atoms with Crippen LogP contribution in [-0.4, -0.2) is 18.0 Å². The largest absolute Gasteiger partial charge is 0.497 e. The zero-order valence-electron chi connectivity index (χ0n) is 12.7. The Morgan fingerprint density at radius 2 is 1.87 bits per heavy atom. The number of rotatable bonds is 4. The van der Waals surface area contributed by atoms with Crippen molar-refractivity contribution in [3.63, 3.8) is 0 Å². The van der Waals surface area contributed by atoms with E-state index in [9.17, 15) is 4.79 Å². The van der Waals surface area contributed by atoms with Crippen LogP contribution in [0.15, 0.2) is 66.9 Å². The third kappa shape index (κ3) is 3.55. The lowest BCUT2D eigenvalue weighted by Crippen LogP contribution is -2.07. The number of benzene rings is 2. The Morgan fingerprint density at radius 3 is 2.65 bits per heavy atom. The lowest BCUT2D eigenvalue weighted by molar-refractivity contribution is -0.111. The summed E-state index contributed by atoms with van der Waals surface area (Å²) in [5, 5.41) is 3.86. The number of carbonyl (C=O) groups excluding carboxylic acids is 1. The maximum atomic E-state index is 12.0. The Balaban J connectivity index is 1.74. The maximum absolute atomic E-state index is 12.0. The Labute approximate surface area is 134 Å². The number of ether oxygens (including phenoxy) is 1. The van der Waals surface area contributed by atoms with Crippen LogP contribution in [0.2, 0.25) is 0 Å². The third-order valence-corrected chi connectivity index (χ3v) is 3.44. The molecule has 0 unspecified atom stereocenters. The monoisotopic (exact) mass is 304 g/mol. The number of amides is 1. The molecule has 0 saturated carbocycles. The minimum Gasteiger partial charge on any atom is -0.497 e. The lowest BCUT2D eigenvalue weighted by Gasteiger charge is -2.04. The minimum atomic E-state index is -0.192. The molecule has 0 bridgehead atoms. The Kier molecular flexibility index (Phi) is 4.34. The molecule has 0 radical (unpaired) electrons. The topological polar surface area (TPSA) is 51.2 Å². The maximum Gasteiger partial charge on any atom is 0.248 e. The molecule has 1 aromatic heterocycles. The number of methoxy groups -OCH3 is 1. The van der Waals surface area contributed by atoms with Crippen molar-refractivity contribution in [2.45, 2.75) is 0 Å². The van der Waals surface area contributed by atoms with Gasteiger partial charge in [-0.05, 0) is 36.4 Å². The first-order valence-electron chi connectivity index (χ1n) is 7.23. The first kappa shape index (κ1) is 14.8. The van der Waals surface area contributed by atoms with Crippen molar-refractivity contribution in [2.24, 2.45) is 0 Å². The molecule has 0 aliphatic heterocycles. The van der Waals surface area contributed by atoms with Crippen LogP contribution in [0.25, 0.3) is 17.0 Å². The molecule has 0 atom stereocenters. The molecule has 23 heavy (non-hydrogen) atoms. The van der Waals surface area contributed by atoms with E-state index in [1.807, 2.05) is 30.3 Å². The smallest absolute Gasteiger partial charge is 0.248 e. The van der Waals surface area contributed by atoms with Crippen LogP contribution in [-0.2, 0) is 4.79 Å². The van der Waals surface area contributed by atoms with E-state index in [4.69, 9.17) is 4.74 Å². The van der Waals surface area contributed by atoms with E-state index in [2.05, 4.69) is 10.3 Å². The van der Waals surface area contributed by atoms with E-state index in [-0.39, 0.29) is 5.91 Å². The normalized spacial score (nSPS) is 10.8. The van der Waals surface area contributed by atoms with Gasteiger partial charge in [-0.25, -0.2) is 0 Å². The second-order valence-electron chi connectivity index (χ2n) is 4.97. The third-order valence-electron chi connectivity index (χ3n) is 3.44. The van der Waals surface area contributed by atoms with Gasteiger partial charge in [-0.3, -0.25) is 9.78 Å². The molecule has 4 nitrogen and oxygen atoms in total. The van der Waals surface area contributed by atoms with Crippen molar-refractivity contribution in [1.29, 1.82) is 0 Å². The number of nitrogens with one attached hydrogen (secondary N) is 1. The van der Waals surface area contributed by atoms with Crippen molar-refractivity contribution in [3.05, 3.63) is 72.4 Å². The molecule has 1 amide bonds. The van der Waals surface area contributed by atoms with E-state index in [0.717, 1.165) is 27.9 Å². The fourth-order valence-electron chi connectivity index (χ4n) is 2.29. The highest BCUT2D eigenvalue weighted by Gasteiger charge is 2.01. The van der Waals surface area contributed by atoms with Gasteiger partial charge in [0.15, 0.2) is 0 Å². The van der Waals surface area contributed by atoms with Gasteiger partial charge in [0.05, 0.1) is 12.6 Å². The standard InChI is InChI=1S/C19H16N2O2/c1-23-17-10-8-16(9-11-17)21-18(22)12-7-15-5-2-4-14-6-3-13-20-19(14)15/h2-13H,1H3,(H,21,22)/b12-7+. The summed E-state index contributed by atoms with van der Waals surface area (Å²) in [5.74, 6) is 0.559. The van der Waals surface area contributed by atoms with Gasteiger partial charge >= 0.3 is 0 Å². The minimum absolute atomic E-state index is 0.192. The molecule has 1 N–H and O–H groups in total. The highest BCUT2D eigenvalue weighted by molar-refractivity contribution is 6.03. The molecule has 0 aliphatic carbocycles. The molecule has 3 aromatic rings. The molecule has 3 rings (SSSR count). The molecular weight excluding hydrogens is 288 g/mol. The number of para-hydroxylation sites is 1. The second-order valence-corrected chi connectivity index (χ2v) is 4.97. The summed E-state index contributed by atoms with van der Waals surface area (Å²) in [4.78, 5) is 16.4. The van der Waals surface area contributed by atoms with Crippen molar-refractivity contribution >= 4 is 28.6 Å². The van der Waals surface area contributed by atoms with Gasteiger partial charge in [-0.1, -0.05) is 24.3 Å². The fraction of sp³-hybridized carbons (Fsp3) is 0.0526. The number of carbonyl (C=O) groups is 1. The predicted molar refractivity (Wildman–Crippen MR) is 92.4 cm³/mol. The van der Waals surface area contributed by atoms with Crippen molar-refractivity contribution in [1.82, 2.24) is 4.98 Å². The van der Waals surface area contributed by atoms with E-state index in [1.54, 1.807) is 43.6 Å². The number of hydrogen-bond acceptors (Lipinski definition) is 3. The van der Waals surface area contributed by atoms with Crippen molar-refractivity contribution in [2.75, 3.05) is 12.4 Å². The number of fused-ring (bicyclic) bond motifs is 1. The first-order valence-corrected chi connectivity index (χ1v) is 7.23. The van der Waals surface area contributed by atoms with Gasteiger partial charge < -0.3 is 10.1 Å². The quantitative estimate of drug-likeness (QED) is 0.744. The van der Waals surface area contributed by atoms with Crippen LogP contribution in [0.4, 0.5) is 5.69 Å². The highest BCUT2D eigenvalue weighted by atomic mass is 16.5. The number of pyridine rings is 1. The zero-order valence-corrected chi connectivity index (χ0v) is 12.7. The fourth-order valence-corrected chi connectivity index (χ4v) is 2.29. The van der Waals surface area contributed by atoms with Gasteiger partial charge in [0, 0.05) is 28.9 Å². The number of nitrogens with zero attached hydrogens (tertiary/aromatic N) is 1. The number of hydrogen-bond donors (Lipinski definition) is 1. The molecule has 0 fully saturated rings. The summed E-state index contributed by atoms with van der Waals surface area (Å²) >= 11 is 0. The van der Waals surface area contributed by atoms with Gasteiger partial charge in [0.1, 0.15) is 5.75 Å². The zero-order chi connectivity index (χ0) is 16.1. The molecule has 1 heterocycles. The first-order chi connectivity index (χ1) is 11.3. The van der Waals surface area contributed by atoms with Crippen molar-refractivity contribution < 1.29 is 9.53 Å². The van der Waals surface area contributed by atoms with Crippen LogP contribution in [0.5, 0.6) is 5.75 Å². The average molecular weight is 304 g/mol. The van der Waals surface area contributed by atoms with Crippen LogP contribution in [0.1, 0.15) is 5.56 Å². The van der Waals surface area contributed by atoms with E-state index in [0.29, 0.717) is 0 Å². The molecule has 0 aliphatic rings. The molecular formula is C19H16N2O2. The van der Waals surface area contributed by atoms with Gasteiger partial charge in [0.25, 0.3) is 0 Å². The summed E-state index contributed by atoms with van der Waals surface area (Å²) in [7, 11) is 1.61. The highest BCUT2D eigenvalue weighted by Crippen LogP contribution is 2.18. The van der Waals surface area contributed by atoms with Crippen molar-refractivity contribution in [3.8, 4) is 5.75 Å². The molecule has 0 saturated heterocycles. The van der Waals surface area contributed by atoms with Gasteiger partial charge in [0.2, 0.25) is 5.91 Å². The summed E-state index contributed by atoms with van der Waals surface area (Å²) in [5.41, 5.74) is 2.51. The van der Waals surface area contributed by atoms with E-state index < -0.39 is 0 Å². The Morgan fingerprint density at radius 1 is 1.09 bits per heavy atom. The predicted octanol–water partition coefficient (Wildman–Crippen LogP) is 3.90. The van der Waals surface area contributed by atoms with Crippen LogP contribution in [0.3, 0.4) is 0 Å². The summed E-state index contributed by atoms with van der Waals surface area (Å²) in [6, 6.07) is 17.0. The summed E-state index contributed by atoms with van der Waals surface area (Å²) < 4.78 is 5.09. The SMILES string of the molecule is COc1ccc(NC(=O)/C=C/c2cccc3cccnc23)cc1.